The molecule has 2 fully saturated rings. The average molecular weight is 342 g/mol. The standard InChI is InChI=1S/C17H21F3N2O2/c18-17(19,20)9-13-3-1-2-4-15(13)21-16(23)22(14-5-6-14)10-12-7-8-24-11-12/h1-4,12,14H,5-11H2,(H,21,23)/t12-/m1/s1. The van der Waals surface area contributed by atoms with Crippen molar-refractivity contribution in [1.82, 2.24) is 4.90 Å². The summed E-state index contributed by atoms with van der Waals surface area (Å²) in [6, 6.07) is 5.96. The molecule has 24 heavy (non-hydrogen) atoms. The smallest absolute Gasteiger partial charge is 0.381 e. The fourth-order valence-corrected chi connectivity index (χ4v) is 2.99. The van der Waals surface area contributed by atoms with Crippen molar-refractivity contribution in [2.45, 2.75) is 37.9 Å². The van der Waals surface area contributed by atoms with Crippen molar-refractivity contribution >= 4 is 11.7 Å². The number of nitrogens with one attached hydrogen (secondary N) is 1. The van der Waals surface area contributed by atoms with E-state index in [-0.39, 0.29) is 23.3 Å². The Hall–Kier alpha value is -1.76. The molecule has 3 rings (SSSR count). The van der Waals surface area contributed by atoms with Crippen molar-refractivity contribution in [3.63, 3.8) is 0 Å². The highest BCUT2D eigenvalue weighted by atomic mass is 19.4. The molecule has 0 unspecified atom stereocenters. The number of benzene rings is 1. The molecule has 4 nitrogen and oxygen atoms in total. The zero-order valence-corrected chi connectivity index (χ0v) is 13.3. The molecule has 1 saturated heterocycles. The van der Waals surface area contributed by atoms with Crippen LogP contribution in [-0.4, -0.2) is 42.9 Å². The van der Waals surface area contributed by atoms with Gasteiger partial charge in [-0.05, 0) is 30.9 Å². The number of nitrogens with zero attached hydrogens (tertiary/aromatic N) is 1. The van der Waals surface area contributed by atoms with Crippen molar-refractivity contribution in [3.8, 4) is 0 Å². The molecule has 0 radical (unpaired) electrons. The molecular formula is C17H21F3N2O2. The largest absolute Gasteiger partial charge is 0.393 e. The zero-order chi connectivity index (χ0) is 17.2. The topological polar surface area (TPSA) is 41.6 Å². The second kappa shape index (κ2) is 7.01. The van der Waals surface area contributed by atoms with Crippen LogP contribution in [0.4, 0.5) is 23.7 Å². The van der Waals surface area contributed by atoms with Crippen LogP contribution in [0.25, 0.3) is 0 Å². The van der Waals surface area contributed by atoms with Crippen LogP contribution in [0.2, 0.25) is 0 Å². The number of rotatable bonds is 5. The minimum atomic E-state index is -4.31. The van der Waals surface area contributed by atoms with Crippen molar-refractivity contribution < 1.29 is 22.7 Å². The van der Waals surface area contributed by atoms with E-state index < -0.39 is 12.6 Å². The minimum Gasteiger partial charge on any atom is -0.381 e. The summed E-state index contributed by atoms with van der Waals surface area (Å²) in [5.41, 5.74) is 0.312. The van der Waals surface area contributed by atoms with Gasteiger partial charge >= 0.3 is 12.2 Å². The first-order valence-electron chi connectivity index (χ1n) is 8.22. The molecule has 2 aliphatic rings. The Morgan fingerprint density at radius 2 is 2.00 bits per heavy atom. The number of hydrogen-bond acceptors (Lipinski definition) is 2. The van der Waals surface area contributed by atoms with Gasteiger partial charge in [0.2, 0.25) is 0 Å². The van der Waals surface area contributed by atoms with E-state index in [2.05, 4.69) is 5.32 Å². The first kappa shape index (κ1) is 17.1. The van der Waals surface area contributed by atoms with Gasteiger partial charge in [0.1, 0.15) is 0 Å². The third-order valence-corrected chi connectivity index (χ3v) is 4.38. The number of carbonyl (C=O) groups excluding carboxylic acids is 1. The molecule has 1 aliphatic carbocycles. The normalized spacial score (nSPS) is 20.9. The van der Waals surface area contributed by atoms with Crippen molar-refractivity contribution in [2.75, 3.05) is 25.1 Å². The molecule has 1 aromatic rings. The predicted molar refractivity (Wildman–Crippen MR) is 83.9 cm³/mol. The van der Waals surface area contributed by atoms with E-state index in [4.69, 9.17) is 4.74 Å². The number of urea groups is 1. The minimum absolute atomic E-state index is 0.0818. The fourth-order valence-electron chi connectivity index (χ4n) is 2.99. The SMILES string of the molecule is O=C(Nc1ccccc1CC(F)(F)F)N(C[C@H]1CCOC1)C1CC1. The molecule has 7 heteroatoms. The number of hydrogen-bond donors (Lipinski definition) is 1. The summed E-state index contributed by atoms with van der Waals surface area (Å²) < 4.78 is 43.4. The monoisotopic (exact) mass is 342 g/mol. The third-order valence-electron chi connectivity index (χ3n) is 4.38. The van der Waals surface area contributed by atoms with E-state index in [0.717, 1.165) is 19.3 Å². The average Bonchev–Trinajstić information content (AvgIpc) is 3.21. The van der Waals surface area contributed by atoms with Gasteiger partial charge in [-0.3, -0.25) is 0 Å². The van der Waals surface area contributed by atoms with Crippen molar-refractivity contribution in [1.29, 1.82) is 0 Å². The van der Waals surface area contributed by atoms with Gasteiger partial charge in [-0.1, -0.05) is 18.2 Å². The fraction of sp³-hybridized carbons (Fsp3) is 0.588. The van der Waals surface area contributed by atoms with Crippen molar-refractivity contribution in [2.24, 2.45) is 5.92 Å². The van der Waals surface area contributed by atoms with Gasteiger partial charge in [0.15, 0.2) is 0 Å². The summed E-state index contributed by atoms with van der Waals surface area (Å²) in [4.78, 5) is 14.3. The summed E-state index contributed by atoms with van der Waals surface area (Å²) in [6.45, 7) is 1.94. The number of ether oxygens (including phenoxy) is 1. The van der Waals surface area contributed by atoms with Crippen LogP contribution < -0.4 is 5.32 Å². The molecule has 0 spiro atoms. The van der Waals surface area contributed by atoms with Crippen LogP contribution in [0.1, 0.15) is 24.8 Å². The van der Waals surface area contributed by atoms with Gasteiger partial charge in [-0.15, -0.1) is 0 Å². The molecule has 1 saturated carbocycles. The lowest BCUT2D eigenvalue weighted by atomic mass is 10.1. The summed E-state index contributed by atoms with van der Waals surface area (Å²) in [7, 11) is 0. The van der Waals surface area contributed by atoms with Gasteiger partial charge in [0, 0.05) is 30.8 Å². The Balaban J connectivity index is 1.68. The van der Waals surface area contributed by atoms with Crippen LogP contribution in [0.5, 0.6) is 0 Å². The molecule has 1 aromatic carbocycles. The maximum atomic E-state index is 12.7. The van der Waals surface area contributed by atoms with Crippen LogP contribution in [-0.2, 0) is 11.2 Å². The summed E-state index contributed by atoms with van der Waals surface area (Å²) in [5, 5.41) is 2.67. The first-order valence-corrected chi connectivity index (χ1v) is 8.22. The second-order valence-electron chi connectivity index (χ2n) is 6.49. The molecule has 0 bridgehead atoms. The molecule has 1 N–H and O–H groups in total. The summed E-state index contributed by atoms with van der Waals surface area (Å²) >= 11 is 0. The predicted octanol–water partition coefficient (Wildman–Crippen LogP) is 3.82. The highest BCUT2D eigenvalue weighted by Crippen LogP contribution is 2.31. The van der Waals surface area contributed by atoms with E-state index in [1.807, 2.05) is 0 Å². The van der Waals surface area contributed by atoms with Crippen LogP contribution in [0.3, 0.4) is 0 Å². The first-order chi connectivity index (χ1) is 11.4. The Labute approximate surface area is 139 Å². The van der Waals surface area contributed by atoms with Crippen LogP contribution in [0.15, 0.2) is 24.3 Å². The van der Waals surface area contributed by atoms with E-state index in [1.54, 1.807) is 17.0 Å². The maximum absolute atomic E-state index is 12.7. The summed E-state index contributed by atoms with van der Waals surface area (Å²) in [6.07, 6.45) is -2.54. The molecular weight excluding hydrogens is 321 g/mol. The van der Waals surface area contributed by atoms with E-state index >= 15 is 0 Å². The Morgan fingerprint density at radius 3 is 2.62 bits per heavy atom. The second-order valence-corrected chi connectivity index (χ2v) is 6.49. The lowest BCUT2D eigenvalue weighted by molar-refractivity contribution is -0.127. The molecule has 1 heterocycles. The number of para-hydroxylation sites is 1. The molecule has 2 amide bonds. The van der Waals surface area contributed by atoms with E-state index in [0.29, 0.717) is 25.7 Å². The zero-order valence-electron chi connectivity index (χ0n) is 13.3. The Bertz CT molecular complexity index is 581. The van der Waals surface area contributed by atoms with Crippen LogP contribution in [0, 0.1) is 5.92 Å². The molecule has 1 aliphatic heterocycles. The Morgan fingerprint density at radius 1 is 1.25 bits per heavy atom. The number of alkyl halides is 3. The molecule has 0 aromatic heterocycles. The van der Waals surface area contributed by atoms with E-state index in [9.17, 15) is 18.0 Å². The number of anilines is 1. The molecule has 132 valence electrons. The van der Waals surface area contributed by atoms with Crippen LogP contribution >= 0.6 is 0 Å². The van der Waals surface area contributed by atoms with Gasteiger partial charge in [-0.25, -0.2) is 4.79 Å². The lowest BCUT2D eigenvalue weighted by Crippen LogP contribution is -2.40. The number of amides is 2. The third kappa shape index (κ3) is 4.63. The molecule has 1 atom stereocenters. The maximum Gasteiger partial charge on any atom is 0.393 e. The Kier molecular flexibility index (Phi) is 4.99. The van der Waals surface area contributed by atoms with Crippen molar-refractivity contribution in [3.05, 3.63) is 29.8 Å². The highest BCUT2D eigenvalue weighted by Gasteiger charge is 2.35. The number of carbonyl (C=O) groups is 1. The number of halogens is 3. The van der Waals surface area contributed by atoms with Gasteiger partial charge < -0.3 is 15.0 Å². The highest BCUT2D eigenvalue weighted by molar-refractivity contribution is 5.90. The van der Waals surface area contributed by atoms with Gasteiger partial charge in [-0.2, -0.15) is 13.2 Å². The van der Waals surface area contributed by atoms with E-state index in [1.165, 1.54) is 12.1 Å². The summed E-state index contributed by atoms with van der Waals surface area (Å²) in [5.74, 6) is 0.307. The van der Waals surface area contributed by atoms with Gasteiger partial charge in [0.25, 0.3) is 0 Å². The quantitative estimate of drug-likeness (QED) is 0.884. The van der Waals surface area contributed by atoms with Gasteiger partial charge in [0.05, 0.1) is 13.0 Å². The lowest BCUT2D eigenvalue weighted by Gasteiger charge is -2.26.